The molecule has 0 saturated carbocycles. The number of nitrogens with zero attached hydrogens (tertiary/aromatic N) is 2. The van der Waals surface area contributed by atoms with Crippen molar-refractivity contribution in [1.82, 2.24) is 9.78 Å². The lowest BCUT2D eigenvalue weighted by molar-refractivity contribution is -0.0366. The second-order valence-corrected chi connectivity index (χ2v) is 7.29. The maximum atomic E-state index is 9.22. The van der Waals surface area contributed by atoms with E-state index in [9.17, 15) is 5.11 Å². The molecule has 2 heterocycles. The molecular weight excluding hydrogens is 384 g/mol. The first-order valence-corrected chi connectivity index (χ1v) is 9.83. The highest BCUT2D eigenvalue weighted by Gasteiger charge is 2.22. The summed E-state index contributed by atoms with van der Waals surface area (Å²) in [5.41, 5.74) is 3.62. The van der Waals surface area contributed by atoms with Crippen LogP contribution in [0.3, 0.4) is 0 Å². The summed E-state index contributed by atoms with van der Waals surface area (Å²) in [5, 5.41) is 22.5. The number of hydrogen-bond acceptors (Lipinski definition) is 4. The van der Waals surface area contributed by atoms with E-state index in [0.29, 0.717) is 5.92 Å². The zero-order chi connectivity index (χ0) is 18.4. The van der Waals surface area contributed by atoms with Gasteiger partial charge in [-0.05, 0) is 78.6 Å². The minimum absolute atomic E-state index is 0.0539. The fraction of sp³-hybridized carbons (Fsp3) is 0.632. The van der Waals surface area contributed by atoms with Gasteiger partial charge in [0, 0.05) is 29.7 Å². The molecule has 3 rings (SSSR count). The highest BCUT2D eigenvalue weighted by Crippen LogP contribution is 2.37. The number of aromatic nitrogens is 2. The van der Waals surface area contributed by atoms with Crippen LogP contribution in [0.1, 0.15) is 62.8 Å². The van der Waals surface area contributed by atoms with Gasteiger partial charge in [0.25, 0.3) is 0 Å². The lowest BCUT2D eigenvalue weighted by Crippen LogP contribution is -2.19. The van der Waals surface area contributed by atoms with Crippen LogP contribution in [0.25, 0.3) is 10.9 Å². The molecule has 0 aliphatic carbocycles. The van der Waals surface area contributed by atoms with Crippen molar-refractivity contribution in [1.29, 1.82) is 0 Å². The van der Waals surface area contributed by atoms with E-state index in [2.05, 4.69) is 40.9 Å². The number of aryl methyl sites for hydroxylation is 1. The molecule has 6 heteroatoms. The van der Waals surface area contributed by atoms with Crippen molar-refractivity contribution in [2.24, 2.45) is 0 Å². The number of fused-ring (bicyclic) bond motifs is 1. The summed E-state index contributed by atoms with van der Waals surface area (Å²) in [6.07, 6.45) is 6.10. The molecule has 1 aromatic carbocycles. The average molecular weight is 413 g/mol. The molecule has 0 spiro atoms. The molecule has 1 aliphatic heterocycles. The Balaban J connectivity index is 0.000000701. The summed E-state index contributed by atoms with van der Waals surface area (Å²) >= 11 is 3.76. The number of ether oxygens (including phenoxy) is 1. The highest BCUT2D eigenvalue weighted by molar-refractivity contribution is 9.10. The van der Waals surface area contributed by atoms with E-state index in [1.54, 1.807) is 6.92 Å². The molecule has 2 N–H and O–H groups in total. The van der Waals surface area contributed by atoms with E-state index in [1.807, 2.05) is 10.9 Å². The Labute approximate surface area is 158 Å². The van der Waals surface area contributed by atoms with Crippen molar-refractivity contribution < 1.29 is 14.9 Å². The van der Waals surface area contributed by atoms with Crippen LogP contribution in [0, 0.1) is 6.92 Å². The normalized spacial score (nSPS) is 18.7. The van der Waals surface area contributed by atoms with Crippen LogP contribution in [-0.4, -0.2) is 39.8 Å². The Morgan fingerprint density at radius 1 is 1.40 bits per heavy atom. The maximum absolute atomic E-state index is 9.22. The van der Waals surface area contributed by atoms with E-state index < -0.39 is 0 Å². The van der Waals surface area contributed by atoms with Gasteiger partial charge in [-0.25, -0.2) is 4.68 Å². The number of hydrogen-bond donors (Lipinski definition) is 2. The Morgan fingerprint density at radius 3 is 2.72 bits per heavy atom. The van der Waals surface area contributed by atoms with Crippen LogP contribution in [0.2, 0.25) is 0 Å². The first-order chi connectivity index (χ1) is 12.0. The minimum Gasteiger partial charge on any atom is -0.397 e. The van der Waals surface area contributed by atoms with Crippen LogP contribution >= 0.6 is 15.9 Å². The fourth-order valence-electron chi connectivity index (χ4n) is 3.37. The van der Waals surface area contributed by atoms with Crippen LogP contribution in [-0.2, 0) is 4.74 Å². The third-order valence-electron chi connectivity index (χ3n) is 4.57. The smallest absolute Gasteiger partial charge is 0.150 e. The monoisotopic (exact) mass is 412 g/mol. The zero-order valence-corrected chi connectivity index (χ0v) is 16.9. The number of halogens is 1. The van der Waals surface area contributed by atoms with E-state index in [1.165, 1.54) is 17.5 Å². The molecule has 1 aliphatic rings. The van der Waals surface area contributed by atoms with Crippen LogP contribution in [0.5, 0.6) is 0 Å². The van der Waals surface area contributed by atoms with Gasteiger partial charge in [0.1, 0.15) is 0 Å². The summed E-state index contributed by atoms with van der Waals surface area (Å²) in [7, 11) is 0. The molecule has 2 atom stereocenters. The van der Waals surface area contributed by atoms with E-state index in [0.717, 1.165) is 41.2 Å². The van der Waals surface area contributed by atoms with Crippen molar-refractivity contribution in [2.75, 3.05) is 19.8 Å². The minimum atomic E-state index is 0.0539. The third kappa shape index (κ3) is 4.61. The second kappa shape index (κ2) is 9.67. The number of rotatable bonds is 4. The first kappa shape index (κ1) is 20.4. The summed E-state index contributed by atoms with van der Waals surface area (Å²) in [4.78, 5) is 0. The maximum Gasteiger partial charge on any atom is 0.150 e. The Hall–Kier alpha value is -0.950. The summed E-state index contributed by atoms with van der Waals surface area (Å²) in [5.74, 6) is 0.318. The summed E-state index contributed by atoms with van der Waals surface area (Å²) < 4.78 is 9.00. The molecule has 0 amide bonds. The largest absolute Gasteiger partial charge is 0.397 e. The lowest BCUT2D eigenvalue weighted by Gasteiger charge is -2.24. The number of aliphatic hydroxyl groups excluding tert-OH is 2. The molecule has 1 fully saturated rings. The lowest BCUT2D eigenvalue weighted by atomic mass is 9.93. The van der Waals surface area contributed by atoms with Gasteiger partial charge in [-0.1, -0.05) is 6.92 Å². The topological polar surface area (TPSA) is 67.5 Å². The quantitative estimate of drug-likeness (QED) is 0.785. The number of benzene rings is 1. The van der Waals surface area contributed by atoms with E-state index >= 15 is 0 Å². The van der Waals surface area contributed by atoms with E-state index in [-0.39, 0.29) is 19.4 Å². The van der Waals surface area contributed by atoms with Crippen molar-refractivity contribution in [3.8, 4) is 0 Å². The van der Waals surface area contributed by atoms with Gasteiger partial charge in [0.2, 0.25) is 0 Å². The molecule has 1 aromatic heterocycles. The standard InChI is InChI=1S/C17H23BrN2O2.C2H6O/c1-11(6-7-21)16-12(2)9-14-13(17(16)18)10-19-20(14)15-5-3-4-8-22-15;1-2-3/h9-11,15,21H,3-8H2,1-2H3;3H,2H2,1H3. The molecule has 2 aromatic rings. The highest BCUT2D eigenvalue weighted by atomic mass is 79.9. The molecule has 2 unspecified atom stereocenters. The van der Waals surface area contributed by atoms with Gasteiger partial charge >= 0.3 is 0 Å². The SMILES string of the molecule is CCO.Cc1cc2c(cnn2C2CCCCO2)c(Br)c1C(C)CCO. The predicted octanol–water partition coefficient (Wildman–Crippen LogP) is 4.29. The predicted molar refractivity (Wildman–Crippen MR) is 104 cm³/mol. The van der Waals surface area contributed by atoms with Crippen molar-refractivity contribution in [3.63, 3.8) is 0 Å². The van der Waals surface area contributed by atoms with Crippen LogP contribution < -0.4 is 0 Å². The Bertz CT molecular complexity index is 681. The molecule has 0 radical (unpaired) electrons. The van der Waals surface area contributed by atoms with Gasteiger partial charge in [0.15, 0.2) is 6.23 Å². The Morgan fingerprint density at radius 2 is 2.12 bits per heavy atom. The van der Waals surface area contributed by atoms with Crippen molar-refractivity contribution in [2.45, 2.75) is 58.6 Å². The van der Waals surface area contributed by atoms with Gasteiger partial charge in [-0.3, -0.25) is 0 Å². The third-order valence-corrected chi connectivity index (χ3v) is 5.42. The molecular formula is C19H29BrN2O3. The number of aliphatic hydroxyl groups is 2. The summed E-state index contributed by atoms with van der Waals surface area (Å²) in [6.45, 7) is 7.24. The molecule has 1 saturated heterocycles. The molecule has 0 bridgehead atoms. The van der Waals surface area contributed by atoms with Crippen LogP contribution in [0.15, 0.2) is 16.7 Å². The summed E-state index contributed by atoms with van der Waals surface area (Å²) in [6, 6.07) is 2.20. The molecule has 25 heavy (non-hydrogen) atoms. The average Bonchev–Trinajstić information content (AvgIpc) is 3.00. The van der Waals surface area contributed by atoms with Gasteiger partial charge in [-0.15, -0.1) is 0 Å². The molecule has 5 nitrogen and oxygen atoms in total. The fourth-order valence-corrected chi connectivity index (χ4v) is 4.38. The van der Waals surface area contributed by atoms with Gasteiger partial charge in [-0.2, -0.15) is 5.10 Å². The molecule has 140 valence electrons. The van der Waals surface area contributed by atoms with Crippen molar-refractivity contribution in [3.05, 3.63) is 27.9 Å². The second-order valence-electron chi connectivity index (χ2n) is 6.49. The van der Waals surface area contributed by atoms with Crippen molar-refractivity contribution >= 4 is 26.8 Å². The Kier molecular flexibility index (Phi) is 7.87. The van der Waals surface area contributed by atoms with Gasteiger partial charge < -0.3 is 14.9 Å². The zero-order valence-electron chi connectivity index (χ0n) is 15.3. The first-order valence-electron chi connectivity index (χ1n) is 9.04. The van der Waals surface area contributed by atoms with E-state index in [4.69, 9.17) is 9.84 Å². The van der Waals surface area contributed by atoms with Gasteiger partial charge in [0.05, 0.1) is 11.7 Å². The van der Waals surface area contributed by atoms with Crippen LogP contribution in [0.4, 0.5) is 0 Å².